The highest BCUT2D eigenvalue weighted by Gasteiger charge is 2.65. The Labute approximate surface area is 199 Å². The number of ether oxygens (including phenoxy) is 3. The molecule has 35 heavy (non-hydrogen) atoms. The molecule has 1 aromatic heterocycles. The minimum Gasteiger partial charge on any atom is -0.456 e. The lowest BCUT2D eigenvalue weighted by molar-refractivity contribution is -0.208. The molecule has 4 N–H and O–H groups in total. The highest BCUT2D eigenvalue weighted by Crippen LogP contribution is 2.45. The van der Waals surface area contributed by atoms with Crippen LogP contribution < -0.4 is 17.2 Å². The molecule has 1 saturated heterocycles. The first-order valence-corrected chi connectivity index (χ1v) is 10.6. The second-order valence-electron chi connectivity index (χ2n) is 8.26. The van der Waals surface area contributed by atoms with Crippen molar-refractivity contribution in [2.45, 2.75) is 30.6 Å². The molecular formula is C24H23FN4O6. The zero-order valence-corrected chi connectivity index (χ0v) is 18.7. The summed E-state index contributed by atoms with van der Waals surface area (Å²) in [7, 11) is 0. The second-order valence-corrected chi connectivity index (χ2v) is 8.26. The molecule has 1 fully saturated rings. The Morgan fingerprint density at radius 3 is 2.20 bits per heavy atom. The van der Waals surface area contributed by atoms with E-state index in [0.29, 0.717) is 0 Å². The van der Waals surface area contributed by atoms with Crippen LogP contribution in [-0.4, -0.2) is 45.6 Å². The van der Waals surface area contributed by atoms with Crippen molar-refractivity contribution in [1.29, 1.82) is 0 Å². The Morgan fingerprint density at radius 2 is 1.63 bits per heavy atom. The van der Waals surface area contributed by atoms with Gasteiger partial charge >= 0.3 is 17.6 Å². The number of rotatable bonds is 6. The van der Waals surface area contributed by atoms with Gasteiger partial charge in [0, 0.05) is 6.20 Å². The van der Waals surface area contributed by atoms with Gasteiger partial charge in [-0.05, 0) is 37.3 Å². The summed E-state index contributed by atoms with van der Waals surface area (Å²) in [6.45, 7) is 0.387. The van der Waals surface area contributed by atoms with Crippen LogP contribution in [0.3, 0.4) is 0 Å². The van der Waals surface area contributed by atoms with Crippen LogP contribution in [0.5, 0.6) is 0 Å². The average molecular weight is 482 g/mol. The van der Waals surface area contributed by atoms with E-state index < -0.39 is 48.0 Å². The zero-order valence-electron chi connectivity index (χ0n) is 18.7. The Kier molecular flexibility index (Phi) is 6.37. The third-order valence-corrected chi connectivity index (χ3v) is 5.54. The van der Waals surface area contributed by atoms with E-state index >= 15 is 4.39 Å². The van der Waals surface area contributed by atoms with Gasteiger partial charge in [0.05, 0.1) is 11.1 Å². The van der Waals surface area contributed by atoms with Gasteiger partial charge in [0.15, 0.2) is 18.9 Å². The van der Waals surface area contributed by atoms with E-state index in [1.165, 1.54) is 43.5 Å². The number of carbonyl (C=O) groups excluding carboxylic acids is 2. The maximum absolute atomic E-state index is 16.4. The van der Waals surface area contributed by atoms with E-state index in [1.807, 2.05) is 0 Å². The maximum Gasteiger partial charge on any atom is 0.351 e. The van der Waals surface area contributed by atoms with Crippen molar-refractivity contribution in [2.24, 2.45) is 5.73 Å². The lowest BCUT2D eigenvalue weighted by Gasteiger charge is -2.32. The van der Waals surface area contributed by atoms with Crippen LogP contribution in [0.25, 0.3) is 0 Å². The SMILES string of the molecule is C[C@]1(N)[C@H](n2ccc(N)nc2=O)O[C@](F)(COC(=O)c2ccccc2)[C@H]1OC(=O)c1ccccc1. The number of halogens is 1. The van der Waals surface area contributed by atoms with E-state index in [2.05, 4.69) is 4.98 Å². The normalized spacial score (nSPS) is 25.7. The average Bonchev–Trinajstić information content (AvgIpc) is 3.04. The third-order valence-electron chi connectivity index (χ3n) is 5.54. The molecule has 10 nitrogen and oxygen atoms in total. The molecule has 2 heterocycles. The largest absolute Gasteiger partial charge is 0.456 e. The predicted molar refractivity (Wildman–Crippen MR) is 122 cm³/mol. The van der Waals surface area contributed by atoms with Crippen molar-refractivity contribution in [3.8, 4) is 0 Å². The van der Waals surface area contributed by atoms with Gasteiger partial charge < -0.3 is 25.7 Å². The summed E-state index contributed by atoms with van der Waals surface area (Å²) in [5.74, 6) is -4.66. The smallest absolute Gasteiger partial charge is 0.351 e. The highest BCUT2D eigenvalue weighted by molar-refractivity contribution is 5.90. The van der Waals surface area contributed by atoms with Crippen LogP contribution in [0.1, 0.15) is 33.9 Å². The van der Waals surface area contributed by atoms with Crippen molar-refractivity contribution in [1.82, 2.24) is 9.55 Å². The van der Waals surface area contributed by atoms with Gasteiger partial charge in [-0.25, -0.2) is 18.8 Å². The molecule has 0 aliphatic carbocycles. The molecular weight excluding hydrogens is 459 g/mol. The number of esters is 2. The standard InChI is InChI=1S/C24H23FN4O6/c1-23(27)20(34-19(31)16-10-6-3-7-11-16)24(25,14-33-18(30)15-8-4-2-5-9-15)35-21(23)29-13-12-17(26)28-22(29)32/h2-13,20-21H,14,27H2,1H3,(H2,26,28,32)/t20-,21+,23+,24+/m0/s1. The van der Waals surface area contributed by atoms with Crippen molar-refractivity contribution in [2.75, 3.05) is 12.3 Å². The second kappa shape index (κ2) is 9.28. The molecule has 1 aliphatic rings. The van der Waals surface area contributed by atoms with Gasteiger partial charge in [-0.2, -0.15) is 4.98 Å². The molecule has 4 atom stereocenters. The van der Waals surface area contributed by atoms with Gasteiger partial charge in [-0.15, -0.1) is 0 Å². The van der Waals surface area contributed by atoms with Crippen molar-refractivity contribution < 1.29 is 28.2 Å². The molecule has 1 aliphatic heterocycles. The topological polar surface area (TPSA) is 149 Å². The molecule has 0 amide bonds. The number of anilines is 1. The monoisotopic (exact) mass is 482 g/mol. The number of nitrogens with two attached hydrogens (primary N) is 2. The summed E-state index contributed by atoms with van der Waals surface area (Å²) in [5, 5.41) is 0. The number of alkyl halides is 1. The van der Waals surface area contributed by atoms with Crippen LogP contribution in [0.4, 0.5) is 10.2 Å². The fourth-order valence-electron chi connectivity index (χ4n) is 3.82. The van der Waals surface area contributed by atoms with E-state index in [-0.39, 0.29) is 16.9 Å². The molecule has 182 valence electrons. The number of aromatic nitrogens is 2. The first-order valence-electron chi connectivity index (χ1n) is 10.6. The lowest BCUT2D eigenvalue weighted by Crippen LogP contribution is -2.57. The molecule has 0 bridgehead atoms. The molecule has 0 spiro atoms. The fraction of sp³-hybridized carbons (Fsp3) is 0.250. The molecule has 2 aromatic carbocycles. The minimum atomic E-state index is -2.90. The van der Waals surface area contributed by atoms with Gasteiger partial charge in [-0.3, -0.25) is 4.57 Å². The fourth-order valence-corrected chi connectivity index (χ4v) is 3.82. The Hall–Kier alpha value is -4.09. The summed E-state index contributed by atoms with van der Waals surface area (Å²) < 4.78 is 33.4. The maximum atomic E-state index is 16.4. The van der Waals surface area contributed by atoms with Crippen LogP contribution in [0, 0.1) is 0 Å². The Balaban J connectivity index is 1.67. The Morgan fingerprint density at radius 1 is 1.06 bits per heavy atom. The summed E-state index contributed by atoms with van der Waals surface area (Å²) in [6.07, 6.45) is -2.02. The van der Waals surface area contributed by atoms with Crippen LogP contribution in [0.2, 0.25) is 0 Å². The number of benzene rings is 2. The van der Waals surface area contributed by atoms with Gasteiger partial charge in [0.1, 0.15) is 11.4 Å². The van der Waals surface area contributed by atoms with E-state index in [4.69, 9.17) is 25.7 Å². The molecule has 0 radical (unpaired) electrons. The number of nitrogen functional groups attached to an aromatic ring is 1. The number of nitrogens with zero attached hydrogens (tertiary/aromatic N) is 2. The predicted octanol–water partition coefficient (Wildman–Crippen LogP) is 1.82. The molecule has 0 unspecified atom stereocenters. The van der Waals surface area contributed by atoms with E-state index in [1.54, 1.807) is 36.4 Å². The summed E-state index contributed by atoms with van der Waals surface area (Å²) in [6, 6.07) is 17.1. The van der Waals surface area contributed by atoms with Gasteiger partial charge in [0.25, 0.3) is 5.85 Å². The van der Waals surface area contributed by atoms with Crippen LogP contribution in [-0.2, 0) is 14.2 Å². The van der Waals surface area contributed by atoms with Crippen molar-refractivity contribution >= 4 is 17.8 Å². The first kappa shape index (κ1) is 24.0. The minimum absolute atomic E-state index is 0.0571. The molecule has 0 saturated carbocycles. The van der Waals surface area contributed by atoms with Crippen LogP contribution >= 0.6 is 0 Å². The quantitative estimate of drug-likeness (QED) is 0.502. The molecule has 3 aromatic rings. The lowest BCUT2D eigenvalue weighted by atomic mass is 9.92. The van der Waals surface area contributed by atoms with Gasteiger partial charge in [0.2, 0.25) is 0 Å². The summed E-state index contributed by atoms with van der Waals surface area (Å²) >= 11 is 0. The Bertz CT molecular complexity index is 1280. The number of carbonyl (C=O) groups is 2. The van der Waals surface area contributed by atoms with Crippen molar-refractivity contribution in [3.63, 3.8) is 0 Å². The number of hydrogen-bond donors (Lipinski definition) is 2. The zero-order chi connectivity index (χ0) is 25.2. The van der Waals surface area contributed by atoms with Gasteiger partial charge in [-0.1, -0.05) is 36.4 Å². The van der Waals surface area contributed by atoms with E-state index in [9.17, 15) is 14.4 Å². The van der Waals surface area contributed by atoms with Crippen molar-refractivity contribution in [3.05, 3.63) is 94.5 Å². The van der Waals surface area contributed by atoms with E-state index in [0.717, 1.165) is 4.57 Å². The molecule has 11 heteroatoms. The number of hydrogen-bond acceptors (Lipinski definition) is 9. The first-order chi connectivity index (χ1) is 16.6. The summed E-state index contributed by atoms with van der Waals surface area (Å²) in [4.78, 5) is 41.3. The summed E-state index contributed by atoms with van der Waals surface area (Å²) in [5.41, 5.74) is 9.64. The van der Waals surface area contributed by atoms with Crippen LogP contribution in [0.15, 0.2) is 77.7 Å². The third kappa shape index (κ3) is 4.77. The highest BCUT2D eigenvalue weighted by atomic mass is 19.2. The molecule has 4 rings (SSSR count).